The van der Waals surface area contributed by atoms with E-state index in [4.69, 9.17) is 5.73 Å². The van der Waals surface area contributed by atoms with Gasteiger partial charge in [0.15, 0.2) is 0 Å². The normalized spacial score (nSPS) is 14.2. The van der Waals surface area contributed by atoms with Gasteiger partial charge in [0.25, 0.3) is 0 Å². The maximum Gasteiger partial charge on any atom is 0.222 e. The molecular weight excluding hydrogens is 326 g/mol. The van der Waals surface area contributed by atoms with E-state index in [9.17, 15) is 9.59 Å². The molecule has 0 aliphatic carbocycles. The molecule has 0 saturated carbocycles. The van der Waals surface area contributed by atoms with Gasteiger partial charge in [0.05, 0.1) is 12.5 Å². The summed E-state index contributed by atoms with van der Waals surface area (Å²) in [5.74, 6) is 0.167. The number of nitrogens with two attached hydrogens (primary N) is 1. The van der Waals surface area contributed by atoms with Crippen molar-refractivity contribution < 1.29 is 9.59 Å². The number of hydrogen-bond donors (Lipinski definition) is 3. The molecule has 6 heteroatoms. The van der Waals surface area contributed by atoms with Gasteiger partial charge in [-0.2, -0.15) is 0 Å². The van der Waals surface area contributed by atoms with Crippen LogP contribution in [0.25, 0.3) is 0 Å². The summed E-state index contributed by atoms with van der Waals surface area (Å²) in [6.07, 6.45) is 1.00. The standard InChI is InChI=1S/C18H29N3O2.ClH/c1-13(2)11-18(4,12-19)21-17(23)10-16(20-14(3)22)15-8-6-5-7-9-15;/h5-9,13,16H,10-12,19H2,1-4H3,(H,20,22)(H,21,23);1H. The Morgan fingerprint density at radius 2 is 1.79 bits per heavy atom. The molecule has 1 rings (SSSR count). The van der Waals surface area contributed by atoms with E-state index in [0.717, 1.165) is 12.0 Å². The van der Waals surface area contributed by atoms with Gasteiger partial charge in [0.1, 0.15) is 0 Å². The zero-order valence-corrected chi connectivity index (χ0v) is 15.8. The molecule has 0 radical (unpaired) electrons. The molecule has 0 aliphatic rings. The van der Waals surface area contributed by atoms with Gasteiger partial charge < -0.3 is 16.4 Å². The summed E-state index contributed by atoms with van der Waals surface area (Å²) in [6.45, 7) is 8.00. The van der Waals surface area contributed by atoms with Crippen LogP contribution in [0.2, 0.25) is 0 Å². The zero-order chi connectivity index (χ0) is 17.5. The Labute approximate surface area is 151 Å². The van der Waals surface area contributed by atoms with Crippen LogP contribution in [-0.2, 0) is 9.59 Å². The SMILES string of the molecule is CC(=O)NC(CC(=O)NC(C)(CN)CC(C)C)c1ccccc1.Cl. The third-order valence-corrected chi connectivity index (χ3v) is 3.72. The molecule has 1 aromatic rings. The largest absolute Gasteiger partial charge is 0.350 e. The monoisotopic (exact) mass is 355 g/mol. The third-order valence-electron chi connectivity index (χ3n) is 3.72. The van der Waals surface area contributed by atoms with E-state index in [1.165, 1.54) is 6.92 Å². The number of halogens is 1. The quantitative estimate of drug-likeness (QED) is 0.670. The van der Waals surface area contributed by atoms with E-state index in [1.54, 1.807) is 0 Å². The highest BCUT2D eigenvalue weighted by Gasteiger charge is 2.27. The molecule has 5 nitrogen and oxygen atoms in total. The second-order valence-electron chi connectivity index (χ2n) is 6.78. The predicted molar refractivity (Wildman–Crippen MR) is 99.9 cm³/mol. The van der Waals surface area contributed by atoms with Crippen LogP contribution < -0.4 is 16.4 Å². The Kier molecular flexibility index (Phi) is 9.63. The van der Waals surface area contributed by atoms with Crippen LogP contribution >= 0.6 is 12.4 Å². The minimum absolute atomic E-state index is 0. The maximum atomic E-state index is 12.4. The number of rotatable bonds is 8. The van der Waals surface area contributed by atoms with Crippen molar-refractivity contribution in [1.29, 1.82) is 0 Å². The number of hydrogen-bond acceptors (Lipinski definition) is 3. The molecule has 0 heterocycles. The van der Waals surface area contributed by atoms with Gasteiger partial charge in [0.2, 0.25) is 11.8 Å². The first-order valence-corrected chi connectivity index (χ1v) is 8.09. The molecule has 0 spiro atoms. The molecule has 0 bridgehead atoms. The number of amides is 2. The lowest BCUT2D eigenvalue weighted by atomic mass is 9.90. The van der Waals surface area contributed by atoms with Crippen LogP contribution in [0, 0.1) is 5.92 Å². The molecule has 0 fully saturated rings. The van der Waals surface area contributed by atoms with Gasteiger partial charge in [-0.15, -0.1) is 12.4 Å². The first-order valence-electron chi connectivity index (χ1n) is 8.09. The highest BCUT2D eigenvalue weighted by molar-refractivity contribution is 5.85. The summed E-state index contributed by atoms with van der Waals surface area (Å²) in [6, 6.07) is 9.17. The van der Waals surface area contributed by atoms with E-state index >= 15 is 0 Å². The fraction of sp³-hybridized carbons (Fsp3) is 0.556. The molecule has 136 valence electrons. The third kappa shape index (κ3) is 7.79. The smallest absolute Gasteiger partial charge is 0.222 e. The van der Waals surface area contributed by atoms with Crippen LogP contribution in [0.4, 0.5) is 0 Å². The van der Waals surface area contributed by atoms with E-state index < -0.39 is 5.54 Å². The zero-order valence-electron chi connectivity index (χ0n) is 15.0. The highest BCUT2D eigenvalue weighted by atomic mass is 35.5. The molecule has 2 amide bonds. The van der Waals surface area contributed by atoms with Gasteiger partial charge in [-0.3, -0.25) is 9.59 Å². The molecule has 2 atom stereocenters. The second kappa shape index (κ2) is 10.3. The average molecular weight is 356 g/mol. The first-order chi connectivity index (χ1) is 10.8. The lowest BCUT2D eigenvalue weighted by Gasteiger charge is -2.32. The Morgan fingerprint density at radius 1 is 1.21 bits per heavy atom. The molecular formula is C18H30ClN3O2. The van der Waals surface area contributed by atoms with Crippen molar-refractivity contribution in [2.45, 2.75) is 52.1 Å². The molecule has 24 heavy (non-hydrogen) atoms. The topological polar surface area (TPSA) is 84.2 Å². The van der Waals surface area contributed by atoms with E-state index in [0.29, 0.717) is 12.5 Å². The van der Waals surface area contributed by atoms with Gasteiger partial charge in [0, 0.05) is 19.0 Å². The lowest BCUT2D eigenvalue weighted by molar-refractivity contribution is -0.124. The average Bonchev–Trinajstić information content (AvgIpc) is 2.46. The van der Waals surface area contributed by atoms with Crippen molar-refractivity contribution in [1.82, 2.24) is 10.6 Å². The molecule has 4 N–H and O–H groups in total. The van der Waals surface area contributed by atoms with Gasteiger partial charge >= 0.3 is 0 Å². The number of carbonyl (C=O) groups excluding carboxylic acids is 2. The van der Waals surface area contributed by atoms with Gasteiger partial charge in [-0.25, -0.2) is 0 Å². The Morgan fingerprint density at radius 3 is 2.25 bits per heavy atom. The van der Waals surface area contributed by atoms with Crippen molar-refractivity contribution in [3.05, 3.63) is 35.9 Å². The van der Waals surface area contributed by atoms with Crippen molar-refractivity contribution in [2.75, 3.05) is 6.54 Å². The van der Waals surface area contributed by atoms with Crippen molar-refractivity contribution >= 4 is 24.2 Å². The van der Waals surface area contributed by atoms with Crippen LogP contribution in [0.3, 0.4) is 0 Å². The predicted octanol–water partition coefficient (Wildman–Crippen LogP) is 2.56. The second-order valence-corrected chi connectivity index (χ2v) is 6.78. The van der Waals surface area contributed by atoms with E-state index in [2.05, 4.69) is 24.5 Å². The van der Waals surface area contributed by atoms with Crippen LogP contribution in [0.5, 0.6) is 0 Å². The van der Waals surface area contributed by atoms with Crippen molar-refractivity contribution in [2.24, 2.45) is 11.7 Å². The first kappa shape index (κ1) is 22.4. The summed E-state index contributed by atoms with van der Waals surface area (Å²) in [7, 11) is 0. The fourth-order valence-electron chi connectivity index (χ4n) is 2.84. The number of carbonyl (C=O) groups is 2. The van der Waals surface area contributed by atoms with Crippen LogP contribution in [-0.4, -0.2) is 23.9 Å². The minimum atomic E-state index is -0.428. The molecule has 0 aliphatic heterocycles. The minimum Gasteiger partial charge on any atom is -0.350 e. The Bertz CT molecular complexity index is 522. The summed E-state index contributed by atoms with van der Waals surface area (Å²) in [4.78, 5) is 23.9. The summed E-state index contributed by atoms with van der Waals surface area (Å²) in [5, 5.41) is 5.87. The van der Waals surface area contributed by atoms with E-state index in [1.807, 2.05) is 37.3 Å². The van der Waals surface area contributed by atoms with E-state index in [-0.39, 0.29) is 36.7 Å². The number of benzene rings is 1. The fourth-order valence-corrected chi connectivity index (χ4v) is 2.84. The molecule has 0 aromatic heterocycles. The molecule has 0 saturated heterocycles. The molecule has 2 unspecified atom stereocenters. The Hall–Kier alpha value is -1.59. The lowest BCUT2D eigenvalue weighted by Crippen LogP contribution is -2.52. The summed E-state index contributed by atoms with van der Waals surface area (Å²) >= 11 is 0. The molecule has 1 aromatic carbocycles. The van der Waals surface area contributed by atoms with Crippen LogP contribution in [0.15, 0.2) is 30.3 Å². The number of nitrogens with one attached hydrogen (secondary N) is 2. The summed E-state index contributed by atoms with van der Waals surface area (Å²) < 4.78 is 0. The van der Waals surface area contributed by atoms with Gasteiger partial charge in [-0.05, 0) is 24.8 Å². The Balaban J connectivity index is 0.00000529. The maximum absolute atomic E-state index is 12.4. The highest BCUT2D eigenvalue weighted by Crippen LogP contribution is 2.19. The summed E-state index contributed by atoms with van der Waals surface area (Å²) in [5.41, 5.74) is 6.33. The van der Waals surface area contributed by atoms with Gasteiger partial charge in [-0.1, -0.05) is 44.2 Å². The van der Waals surface area contributed by atoms with Crippen molar-refractivity contribution in [3.63, 3.8) is 0 Å². The van der Waals surface area contributed by atoms with Crippen molar-refractivity contribution in [3.8, 4) is 0 Å². The van der Waals surface area contributed by atoms with Crippen LogP contribution in [0.1, 0.15) is 52.1 Å².